The fourth-order valence-electron chi connectivity index (χ4n) is 2.87. The van der Waals surface area contributed by atoms with Gasteiger partial charge < -0.3 is 0 Å². The molecule has 152 valence electrons. The van der Waals surface area contributed by atoms with Gasteiger partial charge >= 0.3 is 12.4 Å². The van der Waals surface area contributed by atoms with Crippen LogP contribution in [0.1, 0.15) is 22.4 Å². The van der Waals surface area contributed by atoms with E-state index in [-0.39, 0.29) is 30.3 Å². The van der Waals surface area contributed by atoms with Crippen molar-refractivity contribution in [2.75, 3.05) is 0 Å². The molecule has 29 heavy (non-hydrogen) atoms. The molecule has 0 spiro atoms. The van der Waals surface area contributed by atoms with Gasteiger partial charge in [-0.1, -0.05) is 41.6 Å². The normalized spacial score (nSPS) is 12.2. The smallest absolute Gasteiger partial charge is 0.244 e. The fraction of sp³-hybridized carbons (Fsp3) is 0.200. The van der Waals surface area contributed by atoms with Crippen molar-refractivity contribution in [3.8, 4) is 11.3 Å². The lowest BCUT2D eigenvalue weighted by molar-refractivity contribution is -0.143. The van der Waals surface area contributed by atoms with Crippen molar-refractivity contribution in [1.82, 2.24) is 15.0 Å². The van der Waals surface area contributed by atoms with E-state index in [1.54, 1.807) is 0 Å². The van der Waals surface area contributed by atoms with Gasteiger partial charge in [0.2, 0.25) is 0 Å². The molecule has 9 heteroatoms. The Labute approximate surface area is 162 Å². The Morgan fingerprint density at radius 2 is 1.48 bits per heavy atom. The molecule has 0 fully saturated rings. The number of allylic oxidation sites excluding steroid dienone is 1. The van der Waals surface area contributed by atoms with E-state index in [0.717, 1.165) is 5.56 Å². The molecule has 0 saturated carbocycles. The zero-order valence-electron chi connectivity index (χ0n) is 14.9. The van der Waals surface area contributed by atoms with Gasteiger partial charge in [0.15, 0.2) is 0 Å². The Balaban J connectivity index is 2.13. The number of halogens is 6. The molecule has 0 aliphatic rings. The lowest BCUT2D eigenvalue weighted by Gasteiger charge is -2.14. The summed E-state index contributed by atoms with van der Waals surface area (Å²) >= 11 is 0. The summed E-state index contributed by atoms with van der Waals surface area (Å²) < 4.78 is 80.5. The summed E-state index contributed by atoms with van der Waals surface area (Å²) in [5, 5.41) is 7.82. The summed E-state index contributed by atoms with van der Waals surface area (Å²) in [6.45, 7) is 3.87. The van der Waals surface area contributed by atoms with Crippen LogP contribution in [0.15, 0.2) is 61.2 Å². The lowest BCUT2D eigenvalue weighted by atomic mass is 10.0. The first-order chi connectivity index (χ1) is 13.6. The molecule has 3 aromatic rings. The Bertz CT molecular complexity index is 971. The second kappa shape index (κ2) is 7.73. The van der Waals surface area contributed by atoms with Gasteiger partial charge in [0.05, 0.1) is 23.4 Å². The van der Waals surface area contributed by atoms with Crippen LogP contribution in [0.5, 0.6) is 0 Å². The maximum atomic E-state index is 13.2. The van der Waals surface area contributed by atoms with Gasteiger partial charge in [-0.05, 0) is 23.8 Å². The van der Waals surface area contributed by atoms with E-state index in [2.05, 4.69) is 16.9 Å². The van der Waals surface area contributed by atoms with E-state index >= 15 is 0 Å². The highest BCUT2D eigenvalue weighted by Gasteiger charge is 2.37. The molecule has 3 rings (SSSR count). The summed E-state index contributed by atoms with van der Waals surface area (Å²) in [7, 11) is 0. The Hall–Kier alpha value is -3.10. The SMILES string of the molecule is C=CCc1c(-c2cc(C(F)(F)F)cc(C(F)(F)F)c2)nnn1Cc1ccccc1. The molecule has 0 atom stereocenters. The van der Waals surface area contributed by atoms with E-state index in [0.29, 0.717) is 17.8 Å². The number of alkyl halides is 6. The third-order valence-corrected chi connectivity index (χ3v) is 4.21. The number of nitrogens with zero attached hydrogens (tertiary/aromatic N) is 3. The van der Waals surface area contributed by atoms with Crippen LogP contribution in [0, 0.1) is 0 Å². The first kappa shape index (κ1) is 20.6. The van der Waals surface area contributed by atoms with Crippen LogP contribution in [0.4, 0.5) is 26.3 Å². The predicted molar refractivity (Wildman–Crippen MR) is 94.9 cm³/mol. The average molecular weight is 411 g/mol. The van der Waals surface area contributed by atoms with Gasteiger partial charge in [-0.3, -0.25) is 0 Å². The minimum Gasteiger partial charge on any atom is -0.244 e. The largest absolute Gasteiger partial charge is 0.416 e. The highest BCUT2D eigenvalue weighted by atomic mass is 19.4. The van der Waals surface area contributed by atoms with Crippen LogP contribution in [-0.2, 0) is 25.3 Å². The number of rotatable bonds is 5. The molecule has 0 N–H and O–H groups in total. The first-order valence-corrected chi connectivity index (χ1v) is 8.46. The molecule has 0 unspecified atom stereocenters. The Morgan fingerprint density at radius 1 is 0.897 bits per heavy atom. The van der Waals surface area contributed by atoms with Crippen LogP contribution in [0.2, 0.25) is 0 Å². The van der Waals surface area contributed by atoms with E-state index in [4.69, 9.17) is 0 Å². The van der Waals surface area contributed by atoms with Crippen molar-refractivity contribution < 1.29 is 26.3 Å². The van der Waals surface area contributed by atoms with Crippen molar-refractivity contribution in [3.05, 3.63) is 83.6 Å². The summed E-state index contributed by atoms with van der Waals surface area (Å²) in [4.78, 5) is 0. The molecule has 1 aromatic heterocycles. The number of benzene rings is 2. The predicted octanol–water partition coefficient (Wildman–Crippen LogP) is 5.76. The van der Waals surface area contributed by atoms with E-state index < -0.39 is 23.5 Å². The third kappa shape index (κ3) is 4.67. The van der Waals surface area contributed by atoms with Gasteiger partial charge in [-0.15, -0.1) is 11.7 Å². The second-order valence-corrected chi connectivity index (χ2v) is 6.32. The quantitative estimate of drug-likeness (QED) is 0.395. The van der Waals surface area contributed by atoms with Gasteiger partial charge in [0.25, 0.3) is 0 Å². The minimum absolute atomic E-state index is 0.0440. The fourth-order valence-corrected chi connectivity index (χ4v) is 2.87. The molecule has 0 aliphatic heterocycles. The van der Waals surface area contributed by atoms with Crippen LogP contribution >= 0.6 is 0 Å². The molecule has 2 aromatic carbocycles. The lowest BCUT2D eigenvalue weighted by Crippen LogP contribution is -2.11. The van der Waals surface area contributed by atoms with Crippen molar-refractivity contribution in [2.45, 2.75) is 25.3 Å². The first-order valence-electron chi connectivity index (χ1n) is 8.46. The summed E-state index contributed by atoms with van der Waals surface area (Å²) in [5.41, 5.74) is -1.92. The average Bonchev–Trinajstić information content (AvgIpc) is 3.03. The van der Waals surface area contributed by atoms with E-state index in [9.17, 15) is 26.3 Å². The molecule has 0 amide bonds. The molecule has 3 nitrogen and oxygen atoms in total. The van der Waals surface area contributed by atoms with Crippen LogP contribution < -0.4 is 0 Å². The highest BCUT2D eigenvalue weighted by molar-refractivity contribution is 5.64. The Kier molecular flexibility index (Phi) is 5.50. The van der Waals surface area contributed by atoms with E-state index in [1.165, 1.54) is 10.8 Å². The zero-order valence-corrected chi connectivity index (χ0v) is 14.9. The number of aromatic nitrogens is 3. The van der Waals surface area contributed by atoms with Gasteiger partial charge in [-0.25, -0.2) is 4.68 Å². The maximum absolute atomic E-state index is 13.2. The number of hydrogen-bond donors (Lipinski definition) is 0. The highest BCUT2D eigenvalue weighted by Crippen LogP contribution is 2.39. The molecule has 0 saturated heterocycles. The van der Waals surface area contributed by atoms with Crippen LogP contribution in [0.25, 0.3) is 11.3 Å². The van der Waals surface area contributed by atoms with Crippen molar-refractivity contribution in [3.63, 3.8) is 0 Å². The molecule has 0 aliphatic carbocycles. The van der Waals surface area contributed by atoms with Crippen molar-refractivity contribution in [1.29, 1.82) is 0 Å². The molecule has 1 heterocycles. The molecular weight excluding hydrogens is 396 g/mol. The van der Waals surface area contributed by atoms with Crippen LogP contribution in [-0.4, -0.2) is 15.0 Å². The standard InChI is InChI=1S/C20H15F6N3/c1-2-6-17-18(27-28-29(17)12-13-7-4-3-5-8-13)14-9-15(19(21,22)23)11-16(10-14)20(24,25)26/h2-5,7-11H,1,6,12H2. The topological polar surface area (TPSA) is 30.7 Å². The minimum atomic E-state index is -4.94. The molecule has 0 bridgehead atoms. The second-order valence-electron chi connectivity index (χ2n) is 6.32. The molecular formula is C20H15F6N3. The Morgan fingerprint density at radius 3 is 2.00 bits per heavy atom. The van der Waals surface area contributed by atoms with Crippen LogP contribution in [0.3, 0.4) is 0 Å². The van der Waals surface area contributed by atoms with Gasteiger partial charge in [0, 0.05) is 12.0 Å². The van der Waals surface area contributed by atoms with E-state index in [1.807, 2.05) is 30.3 Å². The summed E-state index contributed by atoms with van der Waals surface area (Å²) in [6.07, 6.45) is -8.21. The van der Waals surface area contributed by atoms with Gasteiger partial charge in [0.1, 0.15) is 5.69 Å². The third-order valence-electron chi connectivity index (χ3n) is 4.21. The van der Waals surface area contributed by atoms with Crippen molar-refractivity contribution in [2.24, 2.45) is 0 Å². The molecule has 0 radical (unpaired) electrons. The van der Waals surface area contributed by atoms with Gasteiger partial charge in [-0.2, -0.15) is 26.3 Å². The zero-order chi connectivity index (χ0) is 21.2. The monoisotopic (exact) mass is 411 g/mol. The number of hydrogen-bond acceptors (Lipinski definition) is 2. The summed E-state index contributed by atoms with van der Waals surface area (Å²) in [5.74, 6) is 0. The van der Waals surface area contributed by atoms with Crippen molar-refractivity contribution >= 4 is 0 Å². The summed E-state index contributed by atoms with van der Waals surface area (Å²) in [6, 6.07) is 10.5. The maximum Gasteiger partial charge on any atom is 0.416 e.